The Bertz CT molecular complexity index is 1770. The predicted molar refractivity (Wildman–Crippen MR) is 168 cm³/mol. The monoisotopic (exact) mass is 604 g/mol. The number of hydroxylamine groups is 2. The minimum Gasteiger partial charge on any atom is -0.371 e. The molecular formula is C34H32N4O5Si. The molecule has 0 aromatic heterocycles. The lowest BCUT2D eigenvalue weighted by atomic mass is 9.68. The van der Waals surface area contributed by atoms with Gasteiger partial charge in [-0.2, -0.15) is 0 Å². The number of benzene rings is 3. The van der Waals surface area contributed by atoms with E-state index in [-0.39, 0.29) is 29.9 Å². The highest BCUT2D eigenvalue weighted by molar-refractivity contribution is 7.01. The van der Waals surface area contributed by atoms with E-state index in [4.69, 9.17) is 4.84 Å². The van der Waals surface area contributed by atoms with Gasteiger partial charge in [0.25, 0.3) is 11.8 Å². The van der Waals surface area contributed by atoms with Gasteiger partial charge in [-0.25, -0.2) is 4.79 Å². The Balaban J connectivity index is 1.35. The average molecular weight is 605 g/mol. The second-order valence-electron chi connectivity index (χ2n) is 12.9. The fourth-order valence-electron chi connectivity index (χ4n) is 7.56. The molecule has 1 spiro atoms. The van der Waals surface area contributed by atoms with Crippen molar-refractivity contribution in [2.45, 2.75) is 44.2 Å². The molecule has 2 amide bonds. The summed E-state index contributed by atoms with van der Waals surface area (Å²) in [5, 5.41) is 12.4. The molecule has 4 aliphatic heterocycles. The first-order valence-electron chi connectivity index (χ1n) is 15.3. The number of fused-ring (bicyclic) bond motifs is 6. The van der Waals surface area contributed by atoms with Gasteiger partial charge >= 0.3 is 5.97 Å². The Labute approximate surface area is 255 Å². The number of nitrogens with zero attached hydrogens (tertiary/aromatic N) is 3. The number of anilines is 2. The highest BCUT2D eigenvalue weighted by Crippen LogP contribution is 2.50. The van der Waals surface area contributed by atoms with E-state index in [0.717, 1.165) is 61.5 Å². The molecule has 0 unspecified atom stereocenters. The van der Waals surface area contributed by atoms with Crippen molar-refractivity contribution in [2.75, 3.05) is 36.0 Å². The zero-order valence-electron chi connectivity index (χ0n) is 24.7. The standard InChI is InChI=1S/C34H32N4O5Si/c1-44(2)27-18-21(36-13-3-14-36)6-9-24(27)34(25-10-7-22(19-28(25)44)37-15-4-16-37)26-17-20(5-8-23(26)31(41)32(34)35)33(42)43-38-29(39)11-12-30(38)40/h5-10,17-19,35H,3-4,11-16H2,1-2H3. The normalized spacial score (nSPS) is 20.7. The molecule has 0 saturated carbocycles. The van der Waals surface area contributed by atoms with E-state index in [1.54, 1.807) is 12.1 Å². The lowest BCUT2D eigenvalue weighted by Gasteiger charge is -2.46. The van der Waals surface area contributed by atoms with E-state index in [1.165, 1.54) is 16.4 Å². The summed E-state index contributed by atoms with van der Waals surface area (Å²) in [4.78, 5) is 61.5. The maximum Gasteiger partial charge on any atom is 0.363 e. The molecule has 8 rings (SSSR count). The van der Waals surface area contributed by atoms with Crippen molar-refractivity contribution in [1.82, 2.24) is 5.06 Å². The fraction of sp³-hybridized carbons (Fsp3) is 0.324. The largest absolute Gasteiger partial charge is 0.371 e. The third-order valence-electron chi connectivity index (χ3n) is 10.3. The lowest BCUT2D eigenvalue weighted by Crippen LogP contribution is -2.64. The number of ketones is 1. The fourth-order valence-corrected chi connectivity index (χ4v) is 10.8. The minimum atomic E-state index is -2.34. The van der Waals surface area contributed by atoms with Crippen LogP contribution >= 0.6 is 0 Å². The number of imide groups is 1. The van der Waals surface area contributed by atoms with Crippen LogP contribution in [0, 0.1) is 5.41 Å². The van der Waals surface area contributed by atoms with Crippen LogP contribution in [0.2, 0.25) is 13.1 Å². The second kappa shape index (κ2) is 9.22. The molecule has 0 bridgehead atoms. The van der Waals surface area contributed by atoms with Crippen LogP contribution in [0.1, 0.15) is 63.1 Å². The Morgan fingerprint density at radius 2 is 1.32 bits per heavy atom. The summed E-state index contributed by atoms with van der Waals surface area (Å²) >= 11 is 0. The summed E-state index contributed by atoms with van der Waals surface area (Å²) in [7, 11) is -2.34. The topological polar surface area (TPSA) is 111 Å². The number of carbonyl (C=O) groups is 4. The summed E-state index contributed by atoms with van der Waals surface area (Å²) in [6.07, 6.45) is 2.31. The van der Waals surface area contributed by atoms with Gasteiger partial charge in [-0.3, -0.25) is 19.8 Å². The number of carbonyl (C=O) groups excluding carboxylic acids is 4. The van der Waals surface area contributed by atoms with Crippen LogP contribution in [0.15, 0.2) is 54.6 Å². The first kappa shape index (κ1) is 27.0. The van der Waals surface area contributed by atoms with Gasteiger partial charge in [0.1, 0.15) is 8.07 Å². The van der Waals surface area contributed by atoms with Crippen molar-refractivity contribution in [3.05, 3.63) is 82.4 Å². The highest BCUT2D eigenvalue weighted by Gasteiger charge is 2.58. The van der Waals surface area contributed by atoms with Crippen LogP contribution in [-0.2, 0) is 19.8 Å². The highest BCUT2D eigenvalue weighted by atomic mass is 28.3. The van der Waals surface area contributed by atoms with E-state index >= 15 is 0 Å². The van der Waals surface area contributed by atoms with Crippen molar-refractivity contribution in [2.24, 2.45) is 0 Å². The molecule has 3 fully saturated rings. The van der Waals surface area contributed by atoms with Crippen LogP contribution < -0.4 is 20.2 Å². The summed E-state index contributed by atoms with van der Waals surface area (Å²) in [6, 6.07) is 17.6. The molecule has 3 aromatic carbocycles. The van der Waals surface area contributed by atoms with Crippen molar-refractivity contribution in [1.29, 1.82) is 5.41 Å². The molecule has 0 radical (unpaired) electrons. The lowest BCUT2D eigenvalue weighted by molar-refractivity contribution is -0.172. The maximum absolute atomic E-state index is 13.9. The summed E-state index contributed by atoms with van der Waals surface area (Å²) in [5.74, 6) is -2.35. The molecule has 4 heterocycles. The molecule has 9 nitrogen and oxygen atoms in total. The number of amides is 2. The molecule has 0 atom stereocenters. The van der Waals surface area contributed by atoms with Gasteiger partial charge < -0.3 is 14.6 Å². The van der Waals surface area contributed by atoms with Crippen LogP contribution in [0.4, 0.5) is 11.4 Å². The predicted octanol–water partition coefficient (Wildman–Crippen LogP) is 3.01. The van der Waals surface area contributed by atoms with E-state index in [1.807, 2.05) is 0 Å². The van der Waals surface area contributed by atoms with Crippen LogP contribution in [0.25, 0.3) is 0 Å². The Morgan fingerprint density at radius 1 is 0.773 bits per heavy atom. The Hall–Kier alpha value is -4.57. The van der Waals surface area contributed by atoms with E-state index in [9.17, 15) is 24.6 Å². The Kier molecular flexibility index (Phi) is 5.66. The van der Waals surface area contributed by atoms with Crippen LogP contribution in [-0.4, -0.2) is 68.6 Å². The minimum absolute atomic E-state index is 0.00282. The number of Topliss-reactive ketones (excluding diaryl/α,β-unsaturated/α-hetero) is 1. The van der Waals surface area contributed by atoms with Gasteiger partial charge in [0.05, 0.1) is 16.7 Å². The molecule has 10 heteroatoms. The number of hydrogen-bond acceptors (Lipinski definition) is 8. The molecule has 5 aliphatic rings. The molecule has 3 saturated heterocycles. The van der Waals surface area contributed by atoms with Gasteiger partial charge in [-0.05, 0) is 82.4 Å². The summed E-state index contributed by atoms with van der Waals surface area (Å²) in [6.45, 7) is 8.71. The number of nitrogens with one attached hydrogen (secondary N) is 1. The van der Waals surface area contributed by atoms with Crippen molar-refractivity contribution in [3.8, 4) is 0 Å². The quantitative estimate of drug-likeness (QED) is 0.360. The maximum atomic E-state index is 13.9. The van der Waals surface area contributed by atoms with Crippen molar-refractivity contribution >= 4 is 59.1 Å². The molecule has 1 aliphatic carbocycles. The number of hydrogen-bond donors (Lipinski definition) is 1. The van der Waals surface area contributed by atoms with Gasteiger partial charge in [0.2, 0.25) is 5.78 Å². The van der Waals surface area contributed by atoms with E-state index in [0.29, 0.717) is 16.2 Å². The second-order valence-corrected chi connectivity index (χ2v) is 17.3. The molecule has 3 aromatic rings. The smallest absolute Gasteiger partial charge is 0.363 e. The number of rotatable bonds is 4. The van der Waals surface area contributed by atoms with Gasteiger partial charge in [-0.1, -0.05) is 25.2 Å². The summed E-state index contributed by atoms with van der Waals surface area (Å²) in [5.41, 5.74) is 3.92. The van der Waals surface area contributed by atoms with Gasteiger partial charge in [0.15, 0.2) is 0 Å². The van der Waals surface area contributed by atoms with E-state index < -0.39 is 31.3 Å². The summed E-state index contributed by atoms with van der Waals surface area (Å²) < 4.78 is 0. The molecule has 222 valence electrons. The van der Waals surface area contributed by atoms with Crippen molar-refractivity contribution in [3.63, 3.8) is 0 Å². The molecular weight excluding hydrogens is 572 g/mol. The third-order valence-corrected chi connectivity index (χ3v) is 13.8. The third kappa shape index (κ3) is 3.48. The Morgan fingerprint density at radius 3 is 1.82 bits per heavy atom. The first-order valence-corrected chi connectivity index (χ1v) is 18.3. The van der Waals surface area contributed by atoms with Crippen LogP contribution in [0.5, 0.6) is 0 Å². The average Bonchev–Trinajstić information content (AvgIpc) is 3.38. The van der Waals surface area contributed by atoms with Gasteiger partial charge in [0, 0.05) is 56.0 Å². The van der Waals surface area contributed by atoms with Gasteiger partial charge in [-0.15, -0.1) is 5.06 Å². The SMILES string of the molecule is C[Si]1(C)c2cc(N3CCC3)ccc2C2(C(=N)C(=O)c3ccc(C(=O)ON4C(=O)CCC4=O)cc32)c2ccc(N3CCC3)cc21. The van der Waals surface area contributed by atoms with E-state index in [2.05, 4.69) is 59.3 Å². The van der Waals surface area contributed by atoms with Crippen LogP contribution in [0.3, 0.4) is 0 Å². The molecule has 44 heavy (non-hydrogen) atoms. The zero-order chi connectivity index (χ0) is 30.5. The van der Waals surface area contributed by atoms with Crippen molar-refractivity contribution < 1.29 is 24.0 Å². The zero-order valence-corrected chi connectivity index (χ0v) is 25.7. The molecule has 1 N–H and O–H groups in total. The first-order chi connectivity index (χ1) is 21.1.